The Labute approximate surface area is 99.5 Å². The molecule has 3 unspecified atom stereocenters. The van der Waals surface area contributed by atoms with E-state index < -0.39 is 0 Å². The zero-order valence-electron chi connectivity index (χ0n) is 10.6. The van der Waals surface area contributed by atoms with Crippen molar-refractivity contribution in [1.29, 1.82) is 0 Å². The fourth-order valence-corrected chi connectivity index (χ4v) is 2.89. The fraction of sp³-hybridized carbons (Fsp3) is 1.00. The molecular weight excluding hydrogens is 200 g/mol. The second-order valence-corrected chi connectivity index (χ2v) is 5.16. The van der Waals surface area contributed by atoms with E-state index in [2.05, 4.69) is 17.1 Å². The predicted octanol–water partition coefficient (Wildman–Crippen LogP) is 1.49. The average molecular weight is 226 g/mol. The van der Waals surface area contributed by atoms with Crippen LogP contribution in [0.15, 0.2) is 0 Å². The van der Waals surface area contributed by atoms with Crippen molar-refractivity contribution in [2.45, 2.75) is 38.6 Å². The SMILES string of the molecule is CCCCOCCNC1CCN2CCC1C2. The van der Waals surface area contributed by atoms with Gasteiger partial charge in [0.05, 0.1) is 6.61 Å². The molecule has 0 aromatic carbocycles. The number of hydrogen-bond donors (Lipinski definition) is 1. The van der Waals surface area contributed by atoms with Gasteiger partial charge in [-0.05, 0) is 38.3 Å². The molecule has 3 heteroatoms. The molecule has 2 fully saturated rings. The summed E-state index contributed by atoms with van der Waals surface area (Å²) >= 11 is 0. The third-order valence-electron chi connectivity index (χ3n) is 3.93. The largest absolute Gasteiger partial charge is 0.380 e. The number of ether oxygens (including phenoxy) is 1. The summed E-state index contributed by atoms with van der Waals surface area (Å²) in [6.07, 6.45) is 5.16. The highest BCUT2D eigenvalue weighted by Gasteiger charge is 2.33. The molecule has 0 aromatic heterocycles. The summed E-state index contributed by atoms with van der Waals surface area (Å²) in [7, 11) is 0. The Balaban J connectivity index is 1.52. The zero-order valence-corrected chi connectivity index (χ0v) is 10.6. The van der Waals surface area contributed by atoms with Crippen molar-refractivity contribution in [3.8, 4) is 0 Å². The van der Waals surface area contributed by atoms with E-state index in [4.69, 9.17) is 4.74 Å². The van der Waals surface area contributed by atoms with E-state index in [0.29, 0.717) is 0 Å². The Morgan fingerprint density at radius 3 is 3.00 bits per heavy atom. The fourth-order valence-electron chi connectivity index (χ4n) is 2.89. The third-order valence-corrected chi connectivity index (χ3v) is 3.93. The van der Waals surface area contributed by atoms with Gasteiger partial charge in [0.1, 0.15) is 0 Å². The van der Waals surface area contributed by atoms with E-state index in [9.17, 15) is 0 Å². The van der Waals surface area contributed by atoms with Crippen LogP contribution in [0.5, 0.6) is 0 Å². The minimum atomic E-state index is 0.758. The number of fused-ring (bicyclic) bond motifs is 2. The number of nitrogens with zero attached hydrogens (tertiary/aromatic N) is 1. The molecule has 2 aliphatic rings. The molecule has 2 saturated heterocycles. The van der Waals surface area contributed by atoms with E-state index in [-0.39, 0.29) is 0 Å². The van der Waals surface area contributed by atoms with Gasteiger partial charge in [0.2, 0.25) is 0 Å². The van der Waals surface area contributed by atoms with Crippen LogP contribution < -0.4 is 5.32 Å². The smallest absolute Gasteiger partial charge is 0.0591 e. The highest BCUT2D eigenvalue weighted by atomic mass is 16.5. The number of piperidine rings is 1. The summed E-state index contributed by atoms with van der Waals surface area (Å²) in [5.41, 5.74) is 0. The summed E-state index contributed by atoms with van der Waals surface area (Å²) in [5.74, 6) is 0.907. The van der Waals surface area contributed by atoms with Crippen molar-refractivity contribution in [2.24, 2.45) is 5.92 Å². The molecule has 94 valence electrons. The summed E-state index contributed by atoms with van der Waals surface area (Å²) < 4.78 is 5.57. The molecule has 0 aromatic rings. The van der Waals surface area contributed by atoms with Crippen molar-refractivity contribution in [2.75, 3.05) is 39.4 Å². The molecule has 0 spiro atoms. The lowest BCUT2D eigenvalue weighted by Crippen LogP contribution is -2.44. The first-order valence-electron chi connectivity index (χ1n) is 6.93. The summed E-state index contributed by atoms with van der Waals surface area (Å²) in [6.45, 7) is 9.00. The Hall–Kier alpha value is -0.120. The van der Waals surface area contributed by atoms with Crippen molar-refractivity contribution in [3.63, 3.8) is 0 Å². The molecule has 2 aliphatic heterocycles. The van der Waals surface area contributed by atoms with Gasteiger partial charge in [0.25, 0.3) is 0 Å². The summed E-state index contributed by atoms with van der Waals surface area (Å²) in [4.78, 5) is 2.60. The Morgan fingerprint density at radius 2 is 2.12 bits per heavy atom. The van der Waals surface area contributed by atoms with Crippen LogP contribution in [0.1, 0.15) is 32.6 Å². The molecule has 0 aliphatic carbocycles. The van der Waals surface area contributed by atoms with Gasteiger partial charge in [-0.2, -0.15) is 0 Å². The van der Waals surface area contributed by atoms with E-state index in [1.165, 1.54) is 45.3 Å². The minimum absolute atomic E-state index is 0.758. The molecule has 0 saturated carbocycles. The van der Waals surface area contributed by atoms with Crippen molar-refractivity contribution >= 4 is 0 Å². The molecule has 16 heavy (non-hydrogen) atoms. The maximum atomic E-state index is 5.57. The van der Waals surface area contributed by atoms with Gasteiger partial charge in [-0.25, -0.2) is 0 Å². The molecular formula is C13H26N2O. The molecule has 3 nitrogen and oxygen atoms in total. The van der Waals surface area contributed by atoms with E-state index in [1.54, 1.807) is 0 Å². The second kappa shape index (κ2) is 6.58. The first kappa shape index (κ1) is 12.3. The van der Waals surface area contributed by atoms with E-state index in [0.717, 1.165) is 31.7 Å². The third kappa shape index (κ3) is 3.44. The molecule has 0 amide bonds. The van der Waals surface area contributed by atoms with Crippen LogP contribution in [0.4, 0.5) is 0 Å². The Kier molecular flexibility index (Phi) is 5.07. The summed E-state index contributed by atoms with van der Waals surface area (Å²) in [6, 6.07) is 0.758. The normalized spacial score (nSPS) is 33.2. The number of hydrogen-bond acceptors (Lipinski definition) is 3. The lowest BCUT2D eigenvalue weighted by molar-refractivity contribution is 0.125. The van der Waals surface area contributed by atoms with Gasteiger partial charge in [-0.1, -0.05) is 13.3 Å². The highest BCUT2D eigenvalue weighted by Crippen LogP contribution is 2.26. The second-order valence-electron chi connectivity index (χ2n) is 5.16. The van der Waals surface area contributed by atoms with Gasteiger partial charge in [0, 0.05) is 25.7 Å². The lowest BCUT2D eigenvalue weighted by atomic mass is 9.94. The number of nitrogens with one attached hydrogen (secondary N) is 1. The highest BCUT2D eigenvalue weighted by molar-refractivity contribution is 4.90. The molecule has 0 radical (unpaired) electrons. The van der Waals surface area contributed by atoms with Gasteiger partial charge >= 0.3 is 0 Å². The van der Waals surface area contributed by atoms with Crippen LogP contribution in [-0.4, -0.2) is 50.3 Å². The number of rotatable bonds is 7. The first-order chi connectivity index (χ1) is 7.90. The van der Waals surface area contributed by atoms with Crippen molar-refractivity contribution in [1.82, 2.24) is 10.2 Å². The summed E-state index contributed by atoms with van der Waals surface area (Å²) in [5, 5.41) is 3.67. The topological polar surface area (TPSA) is 24.5 Å². The van der Waals surface area contributed by atoms with Crippen LogP contribution in [0.2, 0.25) is 0 Å². The lowest BCUT2D eigenvalue weighted by Gasteiger charge is -2.31. The van der Waals surface area contributed by atoms with Crippen LogP contribution in [0, 0.1) is 5.92 Å². The van der Waals surface area contributed by atoms with Gasteiger partial charge in [0.15, 0.2) is 0 Å². The van der Waals surface area contributed by atoms with Crippen LogP contribution in [0.3, 0.4) is 0 Å². The Bertz CT molecular complexity index is 198. The average Bonchev–Trinajstić information content (AvgIpc) is 2.69. The molecule has 2 rings (SSSR count). The van der Waals surface area contributed by atoms with Crippen LogP contribution in [-0.2, 0) is 4.74 Å². The van der Waals surface area contributed by atoms with E-state index >= 15 is 0 Å². The quantitative estimate of drug-likeness (QED) is 0.666. The van der Waals surface area contributed by atoms with E-state index in [1.807, 2.05) is 0 Å². The van der Waals surface area contributed by atoms with Gasteiger partial charge < -0.3 is 15.0 Å². The molecule has 3 atom stereocenters. The van der Waals surface area contributed by atoms with Crippen LogP contribution >= 0.6 is 0 Å². The van der Waals surface area contributed by atoms with Crippen molar-refractivity contribution < 1.29 is 4.74 Å². The standard InChI is InChI=1S/C13H26N2O/c1-2-3-9-16-10-6-14-13-5-8-15-7-4-12(13)11-15/h12-14H,2-11H2,1H3. The maximum Gasteiger partial charge on any atom is 0.0591 e. The number of unbranched alkanes of at least 4 members (excludes halogenated alkanes) is 1. The van der Waals surface area contributed by atoms with Crippen molar-refractivity contribution in [3.05, 3.63) is 0 Å². The zero-order chi connectivity index (χ0) is 11.2. The molecule has 2 heterocycles. The monoisotopic (exact) mass is 226 g/mol. The predicted molar refractivity (Wildman–Crippen MR) is 66.7 cm³/mol. The molecule has 2 bridgehead atoms. The maximum absolute atomic E-state index is 5.57. The van der Waals surface area contributed by atoms with Gasteiger partial charge in [-0.3, -0.25) is 0 Å². The Morgan fingerprint density at radius 1 is 1.25 bits per heavy atom. The first-order valence-corrected chi connectivity index (χ1v) is 6.93. The van der Waals surface area contributed by atoms with Gasteiger partial charge in [-0.15, -0.1) is 0 Å². The molecule has 1 N–H and O–H groups in total. The van der Waals surface area contributed by atoms with Crippen LogP contribution in [0.25, 0.3) is 0 Å². The minimum Gasteiger partial charge on any atom is -0.380 e.